The molecule has 0 aliphatic carbocycles. The molecule has 1 N–H and O–H groups in total. The maximum absolute atomic E-state index is 11.6. The summed E-state index contributed by atoms with van der Waals surface area (Å²) >= 11 is 3.12. The van der Waals surface area contributed by atoms with Gasteiger partial charge >= 0.3 is 0 Å². The van der Waals surface area contributed by atoms with Gasteiger partial charge in [0.1, 0.15) is 0 Å². The highest BCUT2D eigenvalue weighted by molar-refractivity contribution is 9.09. The van der Waals surface area contributed by atoms with Crippen LogP contribution in [0.5, 0.6) is 0 Å². The van der Waals surface area contributed by atoms with Crippen LogP contribution < -0.4 is 0 Å². The van der Waals surface area contributed by atoms with E-state index in [0.717, 1.165) is 0 Å². The van der Waals surface area contributed by atoms with Crippen molar-refractivity contribution in [2.24, 2.45) is 0 Å². The van der Waals surface area contributed by atoms with Gasteiger partial charge in [-0.25, -0.2) is 0 Å². The summed E-state index contributed by atoms with van der Waals surface area (Å²) < 4.78 is 0. The third kappa shape index (κ3) is 3.17. The van der Waals surface area contributed by atoms with E-state index in [1.54, 1.807) is 0 Å². The lowest BCUT2D eigenvalue weighted by atomic mass is 10.2. The van der Waals surface area contributed by atoms with Gasteiger partial charge in [0, 0.05) is 18.4 Å². The molecule has 5 nitrogen and oxygen atoms in total. The highest BCUT2D eigenvalue weighted by atomic mass is 79.9. The number of amides is 2. The summed E-state index contributed by atoms with van der Waals surface area (Å²) in [5, 5.41) is 9.78. The number of carbonyl (C=O) groups excluding carboxylic acids is 2. The van der Waals surface area contributed by atoms with Crippen LogP contribution in [-0.4, -0.2) is 64.3 Å². The number of nitrogens with zero attached hydrogens (tertiary/aromatic N) is 2. The number of aliphatic hydroxyl groups excluding tert-OH is 1. The predicted molar refractivity (Wildman–Crippen MR) is 58.6 cm³/mol. The maximum atomic E-state index is 11.6. The normalized spacial score (nSPS) is 19.7. The monoisotopic (exact) mass is 278 g/mol. The van der Waals surface area contributed by atoms with E-state index in [-0.39, 0.29) is 31.4 Å². The molecule has 86 valence electrons. The molecular weight excluding hydrogens is 264 g/mol. The van der Waals surface area contributed by atoms with Gasteiger partial charge in [-0.05, 0) is 6.92 Å². The van der Waals surface area contributed by atoms with Gasteiger partial charge in [-0.2, -0.15) is 0 Å². The molecule has 0 aromatic rings. The minimum absolute atomic E-state index is 0.0566. The van der Waals surface area contributed by atoms with Crippen molar-refractivity contribution in [3.63, 3.8) is 0 Å². The van der Waals surface area contributed by atoms with Crippen LogP contribution in [0.15, 0.2) is 0 Å². The first-order valence-electron chi connectivity index (χ1n) is 4.88. The zero-order valence-corrected chi connectivity index (χ0v) is 10.2. The Morgan fingerprint density at radius 1 is 1.33 bits per heavy atom. The van der Waals surface area contributed by atoms with Gasteiger partial charge in [0.2, 0.25) is 11.8 Å². The first-order chi connectivity index (χ1) is 7.08. The van der Waals surface area contributed by atoms with Gasteiger partial charge in [-0.1, -0.05) is 15.9 Å². The van der Waals surface area contributed by atoms with Crippen LogP contribution in [0.2, 0.25) is 0 Å². The number of halogens is 1. The summed E-state index contributed by atoms with van der Waals surface area (Å²) in [5.74, 6) is -0.157. The molecule has 0 aromatic carbocycles. The largest absolute Gasteiger partial charge is 0.390 e. The van der Waals surface area contributed by atoms with Crippen LogP contribution in [0.4, 0.5) is 0 Å². The molecule has 0 aromatic heterocycles. The van der Waals surface area contributed by atoms with Crippen molar-refractivity contribution in [1.29, 1.82) is 0 Å². The minimum Gasteiger partial charge on any atom is -0.390 e. The molecule has 1 unspecified atom stereocenters. The summed E-state index contributed by atoms with van der Waals surface area (Å²) in [7, 11) is 0. The van der Waals surface area contributed by atoms with Crippen LogP contribution in [0.25, 0.3) is 0 Å². The Balaban J connectivity index is 2.55. The smallest absolute Gasteiger partial charge is 0.242 e. The van der Waals surface area contributed by atoms with E-state index in [4.69, 9.17) is 0 Å². The van der Waals surface area contributed by atoms with Gasteiger partial charge in [-0.15, -0.1) is 0 Å². The molecule has 0 bridgehead atoms. The predicted octanol–water partition coefficient (Wildman–Crippen LogP) is -0.567. The average Bonchev–Trinajstić information content (AvgIpc) is 2.22. The van der Waals surface area contributed by atoms with Crippen LogP contribution in [0.1, 0.15) is 6.92 Å². The highest BCUT2D eigenvalue weighted by Crippen LogP contribution is 2.06. The first-order valence-corrected chi connectivity index (χ1v) is 6.00. The van der Waals surface area contributed by atoms with Gasteiger partial charge in [0.05, 0.1) is 19.2 Å². The SMILES string of the molecule is CCN1CC(=O)N(CC(O)CBr)CC1=O. The van der Waals surface area contributed by atoms with Crippen molar-refractivity contribution < 1.29 is 14.7 Å². The number of piperazine rings is 1. The number of alkyl halides is 1. The number of β-amino-alcohol motifs (C(OH)–C–C–N with tert-alkyl or cyclic N) is 1. The van der Waals surface area contributed by atoms with Crippen molar-refractivity contribution in [2.45, 2.75) is 13.0 Å². The van der Waals surface area contributed by atoms with E-state index in [0.29, 0.717) is 11.9 Å². The maximum Gasteiger partial charge on any atom is 0.242 e. The fourth-order valence-corrected chi connectivity index (χ4v) is 1.67. The molecule has 0 radical (unpaired) electrons. The van der Waals surface area contributed by atoms with Gasteiger partial charge in [0.25, 0.3) is 0 Å². The highest BCUT2D eigenvalue weighted by Gasteiger charge is 2.29. The zero-order chi connectivity index (χ0) is 11.4. The fraction of sp³-hybridized carbons (Fsp3) is 0.778. The molecular formula is C9H15BrN2O3. The van der Waals surface area contributed by atoms with Crippen LogP contribution in [0.3, 0.4) is 0 Å². The molecule has 2 amide bonds. The standard InChI is InChI=1S/C9H15BrN2O3/c1-2-11-5-9(15)12(6-8(11)14)4-7(13)3-10/h7,13H,2-6H2,1H3. The van der Waals surface area contributed by atoms with Gasteiger partial charge in [0.15, 0.2) is 0 Å². The Labute approximate surface area is 97.2 Å². The summed E-state index contributed by atoms with van der Waals surface area (Å²) in [6, 6.07) is 0. The van der Waals surface area contributed by atoms with Crippen molar-refractivity contribution in [2.75, 3.05) is 31.5 Å². The second-order valence-electron chi connectivity index (χ2n) is 3.49. The Hall–Kier alpha value is -0.620. The molecule has 1 fully saturated rings. The average molecular weight is 279 g/mol. The third-order valence-electron chi connectivity index (χ3n) is 2.35. The fourth-order valence-electron chi connectivity index (χ4n) is 1.46. The molecule has 1 aliphatic rings. The summed E-state index contributed by atoms with van der Waals surface area (Å²) in [4.78, 5) is 26.0. The molecule has 0 spiro atoms. The third-order valence-corrected chi connectivity index (χ3v) is 3.10. The quantitative estimate of drug-likeness (QED) is 0.701. The van der Waals surface area contributed by atoms with Crippen molar-refractivity contribution in [3.05, 3.63) is 0 Å². The van der Waals surface area contributed by atoms with E-state index in [1.807, 2.05) is 6.92 Å². The van der Waals surface area contributed by atoms with Crippen LogP contribution in [0, 0.1) is 0 Å². The molecule has 1 aliphatic heterocycles. The molecule has 1 rings (SSSR count). The van der Waals surface area contributed by atoms with E-state index in [1.165, 1.54) is 9.80 Å². The Morgan fingerprint density at radius 2 is 1.87 bits per heavy atom. The Bertz CT molecular complexity index is 260. The number of aliphatic hydroxyl groups is 1. The molecule has 1 atom stereocenters. The van der Waals surface area contributed by atoms with E-state index >= 15 is 0 Å². The molecule has 0 saturated carbocycles. The molecule has 1 heterocycles. The number of hydrogen-bond donors (Lipinski definition) is 1. The van der Waals surface area contributed by atoms with E-state index < -0.39 is 6.10 Å². The first kappa shape index (κ1) is 12.4. The van der Waals surface area contributed by atoms with Crippen molar-refractivity contribution in [1.82, 2.24) is 9.80 Å². The van der Waals surface area contributed by atoms with E-state index in [2.05, 4.69) is 15.9 Å². The Morgan fingerprint density at radius 3 is 2.40 bits per heavy atom. The second kappa shape index (κ2) is 5.46. The lowest BCUT2D eigenvalue weighted by Crippen LogP contribution is -2.55. The summed E-state index contributed by atoms with van der Waals surface area (Å²) in [5.41, 5.74) is 0. The minimum atomic E-state index is -0.616. The number of carbonyl (C=O) groups is 2. The number of rotatable bonds is 4. The van der Waals surface area contributed by atoms with Crippen molar-refractivity contribution >= 4 is 27.7 Å². The molecule has 6 heteroatoms. The second-order valence-corrected chi connectivity index (χ2v) is 4.14. The van der Waals surface area contributed by atoms with Gasteiger partial charge < -0.3 is 14.9 Å². The topological polar surface area (TPSA) is 60.9 Å². The van der Waals surface area contributed by atoms with Gasteiger partial charge in [-0.3, -0.25) is 9.59 Å². The van der Waals surface area contributed by atoms with Crippen LogP contribution >= 0.6 is 15.9 Å². The number of likely N-dealkylation sites (N-methyl/N-ethyl adjacent to an activating group) is 1. The van der Waals surface area contributed by atoms with Crippen LogP contribution in [-0.2, 0) is 9.59 Å². The summed E-state index contributed by atoms with van der Waals surface area (Å²) in [6.07, 6.45) is -0.616. The summed E-state index contributed by atoms with van der Waals surface area (Å²) in [6.45, 7) is 2.82. The lowest BCUT2D eigenvalue weighted by molar-refractivity contribution is -0.150. The Kier molecular flexibility index (Phi) is 4.53. The molecule has 15 heavy (non-hydrogen) atoms. The zero-order valence-electron chi connectivity index (χ0n) is 8.65. The van der Waals surface area contributed by atoms with Crippen molar-refractivity contribution in [3.8, 4) is 0 Å². The number of hydrogen-bond acceptors (Lipinski definition) is 3. The molecule has 1 saturated heterocycles. The lowest BCUT2D eigenvalue weighted by Gasteiger charge is -2.34. The van der Waals surface area contributed by atoms with E-state index in [9.17, 15) is 14.7 Å².